The molecule has 0 radical (unpaired) electrons. The smallest absolute Gasteiger partial charge is 0.231 e. The Bertz CT molecular complexity index is 434. The third kappa shape index (κ3) is 1.93. The number of benzene rings is 1. The van der Waals surface area contributed by atoms with Gasteiger partial charge in [0.1, 0.15) is 0 Å². The van der Waals surface area contributed by atoms with Crippen LogP contribution in [0.5, 0.6) is 11.5 Å². The molecule has 1 heterocycles. The highest BCUT2D eigenvalue weighted by Gasteiger charge is 2.12. The van der Waals surface area contributed by atoms with Gasteiger partial charge in [-0.1, -0.05) is 6.07 Å². The van der Waals surface area contributed by atoms with Gasteiger partial charge in [-0.15, -0.1) is 0 Å². The highest BCUT2D eigenvalue weighted by molar-refractivity contribution is 5.95. The zero-order valence-corrected chi connectivity index (χ0v) is 8.19. The lowest BCUT2D eigenvalue weighted by atomic mass is 10.1. The topological polar surface area (TPSA) is 55.8 Å². The lowest BCUT2D eigenvalue weighted by molar-refractivity contribution is -0.115. The van der Waals surface area contributed by atoms with Crippen LogP contribution >= 0.6 is 0 Å². The van der Waals surface area contributed by atoms with Gasteiger partial charge in [0.25, 0.3) is 0 Å². The van der Waals surface area contributed by atoms with Gasteiger partial charge in [0.2, 0.25) is 6.79 Å². The first-order valence-electron chi connectivity index (χ1n) is 4.48. The van der Waals surface area contributed by atoms with Crippen molar-refractivity contribution in [2.24, 2.45) is 0 Å². The van der Waals surface area contributed by atoms with Gasteiger partial charge in [-0.25, -0.2) is 0 Å². The molecule has 1 aliphatic rings. The molecular formula is C11H10O4. The van der Waals surface area contributed by atoms with Gasteiger partial charge in [0.05, 0.1) is 0 Å². The van der Waals surface area contributed by atoms with Crippen molar-refractivity contribution in [2.45, 2.75) is 6.92 Å². The number of rotatable bonds is 2. The van der Waals surface area contributed by atoms with Crippen molar-refractivity contribution in [3.63, 3.8) is 0 Å². The van der Waals surface area contributed by atoms with Crippen molar-refractivity contribution in [1.29, 1.82) is 0 Å². The summed E-state index contributed by atoms with van der Waals surface area (Å²) in [6.45, 7) is 1.51. The number of carbonyl (C=O) groups excluding carboxylic acids is 1. The van der Waals surface area contributed by atoms with Gasteiger partial charge in [-0.05, 0) is 23.8 Å². The molecule has 15 heavy (non-hydrogen) atoms. The number of aliphatic hydroxyl groups is 1. The van der Waals surface area contributed by atoms with E-state index in [2.05, 4.69) is 0 Å². The molecule has 0 spiro atoms. The average Bonchev–Trinajstić information content (AvgIpc) is 2.64. The van der Waals surface area contributed by atoms with E-state index in [-0.39, 0.29) is 18.3 Å². The fourth-order valence-corrected chi connectivity index (χ4v) is 1.26. The van der Waals surface area contributed by atoms with E-state index in [1.807, 2.05) is 0 Å². The van der Waals surface area contributed by atoms with Crippen LogP contribution in [0.1, 0.15) is 12.5 Å². The number of ether oxygens (including phenoxy) is 2. The average molecular weight is 206 g/mol. The Kier molecular flexibility index (Phi) is 2.33. The summed E-state index contributed by atoms with van der Waals surface area (Å²) < 4.78 is 10.3. The van der Waals surface area contributed by atoms with Crippen molar-refractivity contribution in [3.8, 4) is 11.5 Å². The van der Waals surface area contributed by atoms with E-state index < -0.39 is 0 Å². The lowest BCUT2D eigenvalue weighted by Crippen LogP contribution is -1.94. The zero-order chi connectivity index (χ0) is 10.8. The monoisotopic (exact) mass is 206 g/mol. The molecule has 0 amide bonds. The highest BCUT2D eigenvalue weighted by Crippen LogP contribution is 2.32. The van der Waals surface area contributed by atoms with Crippen LogP contribution in [0.3, 0.4) is 0 Å². The van der Waals surface area contributed by atoms with Gasteiger partial charge in [-0.3, -0.25) is 4.79 Å². The predicted molar refractivity (Wildman–Crippen MR) is 53.9 cm³/mol. The Balaban J connectivity index is 2.31. The Morgan fingerprint density at radius 3 is 2.87 bits per heavy atom. The van der Waals surface area contributed by atoms with Gasteiger partial charge >= 0.3 is 0 Å². The Labute approximate surface area is 86.7 Å². The SMILES string of the molecule is CC(=O)/C(O)=C/c1ccc2c(c1)OCO2. The molecule has 1 N–H and O–H groups in total. The number of hydrogen-bond acceptors (Lipinski definition) is 4. The number of carbonyl (C=O) groups is 1. The standard InChI is InChI=1S/C11H10O4/c1-7(12)9(13)4-8-2-3-10-11(5-8)15-6-14-10/h2-5,13H,6H2,1H3/b9-4-. The first kappa shape index (κ1) is 9.58. The maximum atomic E-state index is 10.8. The molecule has 0 saturated heterocycles. The summed E-state index contributed by atoms with van der Waals surface area (Å²) in [6, 6.07) is 5.19. The first-order chi connectivity index (χ1) is 7.16. The maximum absolute atomic E-state index is 10.8. The van der Waals surface area contributed by atoms with E-state index in [4.69, 9.17) is 9.47 Å². The number of aliphatic hydroxyl groups excluding tert-OH is 1. The molecule has 1 aromatic carbocycles. The summed E-state index contributed by atoms with van der Waals surface area (Å²) in [4.78, 5) is 10.8. The van der Waals surface area contributed by atoms with Gasteiger partial charge in [0.15, 0.2) is 23.0 Å². The molecule has 0 unspecified atom stereocenters. The van der Waals surface area contributed by atoms with Crippen molar-refractivity contribution in [1.82, 2.24) is 0 Å². The van der Waals surface area contributed by atoms with Crippen LogP contribution in [-0.4, -0.2) is 17.7 Å². The summed E-state index contributed by atoms with van der Waals surface area (Å²) in [5.41, 5.74) is 0.701. The highest BCUT2D eigenvalue weighted by atomic mass is 16.7. The van der Waals surface area contributed by atoms with Crippen LogP contribution in [0.4, 0.5) is 0 Å². The summed E-state index contributed by atoms with van der Waals surface area (Å²) >= 11 is 0. The van der Waals surface area contributed by atoms with Crippen LogP contribution in [-0.2, 0) is 4.79 Å². The summed E-state index contributed by atoms with van der Waals surface area (Å²) in [6.07, 6.45) is 1.39. The van der Waals surface area contributed by atoms with E-state index in [0.717, 1.165) is 0 Å². The van der Waals surface area contributed by atoms with Crippen LogP contribution in [0.15, 0.2) is 24.0 Å². The fraction of sp³-hybridized carbons (Fsp3) is 0.182. The summed E-state index contributed by atoms with van der Waals surface area (Å²) in [7, 11) is 0. The fourth-order valence-electron chi connectivity index (χ4n) is 1.26. The summed E-state index contributed by atoms with van der Waals surface area (Å²) in [5, 5.41) is 9.27. The van der Waals surface area contributed by atoms with Crippen LogP contribution in [0.2, 0.25) is 0 Å². The second-order valence-electron chi connectivity index (χ2n) is 3.20. The third-order valence-electron chi connectivity index (χ3n) is 2.06. The molecule has 0 bridgehead atoms. The van der Waals surface area contributed by atoms with E-state index >= 15 is 0 Å². The van der Waals surface area contributed by atoms with Crippen molar-refractivity contribution in [3.05, 3.63) is 29.5 Å². The van der Waals surface area contributed by atoms with E-state index in [0.29, 0.717) is 17.1 Å². The van der Waals surface area contributed by atoms with Gasteiger partial charge in [0, 0.05) is 6.92 Å². The minimum Gasteiger partial charge on any atom is -0.504 e. The minimum atomic E-state index is -0.368. The molecule has 0 aromatic heterocycles. The normalized spacial score (nSPS) is 14.1. The molecule has 4 heteroatoms. The molecule has 0 atom stereocenters. The number of fused-ring (bicyclic) bond motifs is 1. The molecule has 78 valence electrons. The van der Waals surface area contributed by atoms with Crippen LogP contribution in [0, 0.1) is 0 Å². The lowest BCUT2D eigenvalue weighted by Gasteiger charge is -1.98. The maximum Gasteiger partial charge on any atom is 0.231 e. The number of hydrogen-bond donors (Lipinski definition) is 1. The van der Waals surface area contributed by atoms with Crippen molar-refractivity contribution >= 4 is 11.9 Å². The Morgan fingerprint density at radius 1 is 1.40 bits per heavy atom. The van der Waals surface area contributed by atoms with E-state index in [9.17, 15) is 9.90 Å². The third-order valence-corrected chi connectivity index (χ3v) is 2.06. The van der Waals surface area contributed by atoms with Crippen molar-refractivity contribution in [2.75, 3.05) is 6.79 Å². The molecule has 2 rings (SSSR count). The predicted octanol–water partition coefficient (Wildman–Crippen LogP) is 1.90. The van der Waals surface area contributed by atoms with Gasteiger partial charge < -0.3 is 14.6 Å². The molecule has 4 nitrogen and oxygen atoms in total. The van der Waals surface area contributed by atoms with E-state index in [1.165, 1.54) is 13.0 Å². The van der Waals surface area contributed by atoms with Crippen molar-refractivity contribution < 1.29 is 19.4 Å². The quantitative estimate of drug-likeness (QED) is 0.593. The Morgan fingerprint density at radius 2 is 2.13 bits per heavy atom. The van der Waals surface area contributed by atoms with Gasteiger partial charge in [-0.2, -0.15) is 0 Å². The number of ketones is 1. The zero-order valence-electron chi connectivity index (χ0n) is 8.19. The van der Waals surface area contributed by atoms with Crippen LogP contribution in [0.25, 0.3) is 6.08 Å². The summed E-state index contributed by atoms with van der Waals surface area (Å²) in [5.74, 6) is 0.663. The molecule has 0 aliphatic carbocycles. The molecule has 1 aliphatic heterocycles. The Hall–Kier alpha value is -1.97. The largest absolute Gasteiger partial charge is 0.504 e. The first-order valence-corrected chi connectivity index (χ1v) is 4.48. The molecule has 0 saturated carbocycles. The number of allylic oxidation sites excluding steroid dienone is 1. The van der Waals surface area contributed by atoms with Crippen LogP contribution < -0.4 is 9.47 Å². The van der Waals surface area contributed by atoms with E-state index in [1.54, 1.807) is 18.2 Å². The number of Topliss-reactive ketones (excluding diaryl/α,β-unsaturated/α-hetero) is 1. The minimum absolute atomic E-state index is 0.210. The molecule has 1 aromatic rings. The second-order valence-corrected chi connectivity index (χ2v) is 3.20. The molecular weight excluding hydrogens is 196 g/mol. The molecule has 0 fully saturated rings. The second kappa shape index (κ2) is 3.65.